The summed E-state index contributed by atoms with van der Waals surface area (Å²) in [6, 6.07) is 14.7. The predicted molar refractivity (Wildman–Crippen MR) is 75.1 cm³/mol. The van der Waals surface area contributed by atoms with Crippen molar-refractivity contribution in [3.8, 4) is 0 Å². The number of aliphatic hydroxyl groups is 1. The lowest BCUT2D eigenvalue weighted by Gasteiger charge is -2.26. The van der Waals surface area contributed by atoms with E-state index >= 15 is 0 Å². The number of hydrogen-bond acceptors (Lipinski definition) is 3. The third-order valence-electron chi connectivity index (χ3n) is 3.24. The van der Waals surface area contributed by atoms with Crippen LogP contribution in [0.1, 0.15) is 28.4 Å². The number of hydrogen-bond donors (Lipinski definition) is 2. The minimum atomic E-state index is -1.95. The molecular weight excluding hydrogens is 254 g/mol. The lowest BCUT2D eigenvalue weighted by Crippen LogP contribution is -2.42. The van der Waals surface area contributed by atoms with E-state index in [2.05, 4.69) is 0 Å². The van der Waals surface area contributed by atoms with E-state index in [-0.39, 0.29) is 11.3 Å². The molecule has 2 aromatic rings. The highest BCUT2D eigenvalue weighted by atomic mass is 16.3. The van der Waals surface area contributed by atoms with Crippen molar-refractivity contribution >= 4 is 11.7 Å². The van der Waals surface area contributed by atoms with Crippen molar-refractivity contribution in [3.05, 3.63) is 71.3 Å². The summed E-state index contributed by atoms with van der Waals surface area (Å²) in [6.45, 7) is 1.42. The van der Waals surface area contributed by atoms with Crippen molar-refractivity contribution in [2.45, 2.75) is 12.5 Å². The second kappa shape index (κ2) is 5.27. The summed E-state index contributed by atoms with van der Waals surface area (Å²) in [4.78, 5) is 23.2. The highest BCUT2D eigenvalue weighted by Crippen LogP contribution is 2.29. The van der Waals surface area contributed by atoms with Crippen molar-refractivity contribution in [1.82, 2.24) is 0 Å². The van der Waals surface area contributed by atoms with Gasteiger partial charge in [0.25, 0.3) is 5.91 Å². The zero-order valence-corrected chi connectivity index (χ0v) is 11.0. The van der Waals surface area contributed by atoms with Gasteiger partial charge in [-0.25, -0.2) is 0 Å². The van der Waals surface area contributed by atoms with Crippen LogP contribution in [0, 0.1) is 0 Å². The Morgan fingerprint density at radius 2 is 1.60 bits per heavy atom. The Morgan fingerprint density at radius 3 is 2.15 bits per heavy atom. The lowest BCUT2D eigenvalue weighted by atomic mass is 9.85. The van der Waals surface area contributed by atoms with Crippen molar-refractivity contribution in [2.75, 3.05) is 0 Å². The molecule has 0 aliphatic carbocycles. The van der Waals surface area contributed by atoms with Crippen molar-refractivity contribution in [3.63, 3.8) is 0 Å². The van der Waals surface area contributed by atoms with Gasteiger partial charge in [0.1, 0.15) is 0 Å². The zero-order valence-electron chi connectivity index (χ0n) is 11.0. The fourth-order valence-electron chi connectivity index (χ4n) is 2.09. The number of rotatable bonds is 4. The van der Waals surface area contributed by atoms with Gasteiger partial charge in [0, 0.05) is 5.56 Å². The first-order valence-electron chi connectivity index (χ1n) is 6.15. The fourth-order valence-corrected chi connectivity index (χ4v) is 2.09. The molecule has 0 heterocycles. The molecule has 0 aliphatic heterocycles. The molecule has 3 N–H and O–H groups in total. The number of nitrogens with two attached hydrogens (primary N) is 1. The summed E-state index contributed by atoms with van der Waals surface area (Å²) < 4.78 is 0. The Kier molecular flexibility index (Phi) is 3.68. The summed E-state index contributed by atoms with van der Waals surface area (Å²) in [5.41, 5.74) is 4.50. The SMILES string of the molecule is CC(=O)c1cccc(C(O)(C(N)=O)c2ccccc2)c1. The van der Waals surface area contributed by atoms with E-state index in [1.54, 1.807) is 48.5 Å². The Labute approximate surface area is 116 Å². The number of Topliss-reactive ketones (excluding diaryl/α,β-unsaturated/α-hetero) is 1. The van der Waals surface area contributed by atoms with Gasteiger partial charge in [0.05, 0.1) is 0 Å². The molecule has 2 rings (SSSR count). The van der Waals surface area contributed by atoms with Gasteiger partial charge in [-0.1, -0.05) is 48.5 Å². The number of amides is 1. The summed E-state index contributed by atoms with van der Waals surface area (Å²) >= 11 is 0. The molecule has 0 spiro atoms. The molecular formula is C16H15NO3. The molecule has 1 atom stereocenters. The van der Waals surface area contributed by atoms with Crippen LogP contribution in [-0.4, -0.2) is 16.8 Å². The van der Waals surface area contributed by atoms with E-state index in [1.807, 2.05) is 0 Å². The molecule has 1 amide bonds. The quantitative estimate of drug-likeness (QED) is 0.827. The maximum atomic E-state index is 11.8. The largest absolute Gasteiger partial charge is 0.372 e. The lowest BCUT2D eigenvalue weighted by molar-refractivity contribution is -0.133. The Hall–Kier alpha value is -2.46. The zero-order chi connectivity index (χ0) is 14.8. The van der Waals surface area contributed by atoms with Crippen LogP contribution in [0.4, 0.5) is 0 Å². The van der Waals surface area contributed by atoms with Gasteiger partial charge in [-0.2, -0.15) is 0 Å². The smallest absolute Gasteiger partial charge is 0.258 e. The molecule has 0 aromatic heterocycles. The van der Waals surface area contributed by atoms with E-state index in [0.717, 1.165) is 0 Å². The van der Waals surface area contributed by atoms with E-state index < -0.39 is 11.5 Å². The summed E-state index contributed by atoms with van der Waals surface area (Å²) in [5.74, 6) is -1.03. The number of carbonyl (C=O) groups is 2. The van der Waals surface area contributed by atoms with Gasteiger partial charge in [0.15, 0.2) is 11.4 Å². The molecule has 0 aliphatic rings. The van der Waals surface area contributed by atoms with Crippen molar-refractivity contribution in [2.24, 2.45) is 5.73 Å². The number of carbonyl (C=O) groups excluding carboxylic acids is 2. The first-order valence-corrected chi connectivity index (χ1v) is 6.15. The third-order valence-corrected chi connectivity index (χ3v) is 3.24. The van der Waals surface area contributed by atoms with Crippen LogP contribution in [-0.2, 0) is 10.4 Å². The van der Waals surface area contributed by atoms with Crippen LogP contribution in [0.3, 0.4) is 0 Å². The van der Waals surface area contributed by atoms with Gasteiger partial charge >= 0.3 is 0 Å². The minimum Gasteiger partial charge on any atom is -0.372 e. The summed E-state index contributed by atoms with van der Waals surface area (Å²) in [7, 11) is 0. The van der Waals surface area contributed by atoms with Crippen LogP contribution in [0.5, 0.6) is 0 Å². The topological polar surface area (TPSA) is 80.4 Å². The van der Waals surface area contributed by atoms with Crippen molar-refractivity contribution in [1.29, 1.82) is 0 Å². The number of ketones is 1. The van der Waals surface area contributed by atoms with Gasteiger partial charge in [-0.3, -0.25) is 9.59 Å². The molecule has 0 saturated carbocycles. The van der Waals surface area contributed by atoms with Crippen LogP contribution in [0.2, 0.25) is 0 Å². The Balaban J connectivity index is 2.63. The normalized spacial score (nSPS) is 13.5. The number of benzene rings is 2. The van der Waals surface area contributed by atoms with Gasteiger partial charge < -0.3 is 10.8 Å². The molecule has 1 unspecified atom stereocenters. The van der Waals surface area contributed by atoms with Gasteiger partial charge in [-0.15, -0.1) is 0 Å². The molecule has 0 fully saturated rings. The van der Waals surface area contributed by atoms with Crippen LogP contribution >= 0.6 is 0 Å². The summed E-state index contributed by atoms with van der Waals surface area (Å²) in [5, 5.41) is 10.8. The first-order chi connectivity index (χ1) is 9.46. The fraction of sp³-hybridized carbons (Fsp3) is 0.125. The van der Waals surface area contributed by atoms with Crippen LogP contribution < -0.4 is 5.73 Å². The molecule has 0 radical (unpaired) electrons. The first kappa shape index (κ1) is 14.0. The van der Waals surface area contributed by atoms with Crippen molar-refractivity contribution < 1.29 is 14.7 Å². The monoisotopic (exact) mass is 269 g/mol. The second-order valence-corrected chi connectivity index (χ2v) is 4.58. The predicted octanol–water partition coefficient (Wildman–Crippen LogP) is 1.61. The Morgan fingerprint density at radius 1 is 1.00 bits per heavy atom. The molecule has 0 bridgehead atoms. The molecule has 4 nitrogen and oxygen atoms in total. The minimum absolute atomic E-state index is 0.147. The van der Waals surface area contributed by atoms with Crippen LogP contribution in [0.25, 0.3) is 0 Å². The average Bonchev–Trinajstić information content (AvgIpc) is 2.47. The molecule has 20 heavy (non-hydrogen) atoms. The molecule has 4 heteroatoms. The van der Waals surface area contributed by atoms with Gasteiger partial charge in [-0.05, 0) is 24.1 Å². The van der Waals surface area contributed by atoms with Crippen LogP contribution in [0.15, 0.2) is 54.6 Å². The second-order valence-electron chi connectivity index (χ2n) is 4.58. The van der Waals surface area contributed by atoms with E-state index in [0.29, 0.717) is 11.1 Å². The molecule has 102 valence electrons. The average molecular weight is 269 g/mol. The Bertz CT molecular complexity index is 652. The third kappa shape index (κ3) is 2.33. The summed E-state index contributed by atoms with van der Waals surface area (Å²) in [6.07, 6.45) is 0. The van der Waals surface area contributed by atoms with E-state index in [9.17, 15) is 14.7 Å². The standard InChI is InChI=1S/C16H15NO3/c1-11(18)12-6-5-9-14(10-12)16(20,15(17)19)13-7-3-2-4-8-13/h2-10,20H,1H3,(H2,17,19). The molecule has 0 saturated heterocycles. The highest BCUT2D eigenvalue weighted by Gasteiger charge is 2.38. The maximum Gasteiger partial charge on any atom is 0.258 e. The highest BCUT2D eigenvalue weighted by molar-refractivity contribution is 5.95. The van der Waals surface area contributed by atoms with E-state index in [4.69, 9.17) is 5.73 Å². The maximum absolute atomic E-state index is 11.8. The number of primary amides is 1. The molecule has 2 aromatic carbocycles. The van der Waals surface area contributed by atoms with Gasteiger partial charge in [0.2, 0.25) is 0 Å². The van der Waals surface area contributed by atoms with E-state index in [1.165, 1.54) is 13.0 Å².